The van der Waals surface area contributed by atoms with Gasteiger partial charge in [-0.1, -0.05) is 50.8 Å². The standard InChI is InChI=1S/C21H24O4/c1-5-16(12-11-15-9-7-6-8-10-15)24-18(23)21-14-13-20(4,17(22)25-21)19(21,2)3/h6-10,16H,5,13-14H2,1-4H3. The molecule has 1 aliphatic heterocycles. The number of fused-ring (bicyclic) bond motifs is 2. The highest BCUT2D eigenvalue weighted by Gasteiger charge is 2.76. The van der Waals surface area contributed by atoms with Crippen molar-refractivity contribution in [1.29, 1.82) is 0 Å². The van der Waals surface area contributed by atoms with Crippen molar-refractivity contribution in [1.82, 2.24) is 0 Å². The fourth-order valence-corrected chi connectivity index (χ4v) is 3.83. The van der Waals surface area contributed by atoms with Crippen LogP contribution in [0.5, 0.6) is 0 Å². The van der Waals surface area contributed by atoms with Gasteiger partial charge in [-0.25, -0.2) is 4.79 Å². The third-order valence-electron chi connectivity index (χ3n) is 6.18. The summed E-state index contributed by atoms with van der Waals surface area (Å²) in [6.07, 6.45) is 1.20. The van der Waals surface area contributed by atoms with Crippen LogP contribution in [-0.4, -0.2) is 23.6 Å². The molecule has 3 rings (SSSR count). The number of ether oxygens (including phenoxy) is 2. The van der Waals surface area contributed by atoms with E-state index in [-0.39, 0.29) is 5.97 Å². The molecule has 1 heterocycles. The van der Waals surface area contributed by atoms with Gasteiger partial charge in [0, 0.05) is 11.0 Å². The molecule has 0 aromatic heterocycles. The quantitative estimate of drug-likeness (QED) is 0.624. The van der Waals surface area contributed by atoms with Gasteiger partial charge in [0.1, 0.15) is 0 Å². The number of carbonyl (C=O) groups is 2. The van der Waals surface area contributed by atoms with Gasteiger partial charge in [-0.2, -0.15) is 0 Å². The molecule has 3 unspecified atom stereocenters. The zero-order chi connectivity index (χ0) is 18.3. The fraction of sp³-hybridized carbons (Fsp3) is 0.524. The maximum absolute atomic E-state index is 12.9. The predicted octanol–water partition coefficient (Wildman–Crippen LogP) is 3.48. The van der Waals surface area contributed by atoms with Crippen molar-refractivity contribution >= 4 is 11.9 Å². The monoisotopic (exact) mass is 340 g/mol. The summed E-state index contributed by atoms with van der Waals surface area (Å²) < 4.78 is 11.2. The minimum Gasteiger partial charge on any atom is -0.446 e. The van der Waals surface area contributed by atoms with Crippen LogP contribution in [0.4, 0.5) is 0 Å². The minimum absolute atomic E-state index is 0.302. The van der Waals surface area contributed by atoms with Crippen LogP contribution in [-0.2, 0) is 19.1 Å². The highest BCUT2D eigenvalue weighted by molar-refractivity contribution is 5.93. The average molecular weight is 340 g/mol. The molecule has 3 atom stereocenters. The van der Waals surface area contributed by atoms with Gasteiger partial charge in [-0.05, 0) is 38.3 Å². The fourth-order valence-electron chi connectivity index (χ4n) is 3.83. The van der Waals surface area contributed by atoms with Crippen molar-refractivity contribution in [2.24, 2.45) is 10.8 Å². The van der Waals surface area contributed by atoms with Crippen LogP contribution >= 0.6 is 0 Å². The lowest BCUT2D eigenvalue weighted by molar-refractivity contribution is -0.185. The van der Waals surface area contributed by atoms with Crippen LogP contribution in [0.15, 0.2) is 30.3 Å². The van der Waals surface area contributed by atoms with E-state index >= 15 is 0 Å². The molecule has 2 aliphatic rings. The lowest BCUT2D eigenvalue weighted by atomic mass is 9.66. The number of esters is 2. The van der Waals surface area contributed by atoms with E-state index in [0.29, 0.717) is 19.3 Å². The van der Waals surface area contributed by atoms with Crippen molar-refractivity contribution in [3.63, 3.8) is 0 Å². The van der Waals surface area contributed by atoms with Gasteiger partial charge >= 0.3 is 11.9 Å². The molecule has 1 saturated heterocycles. The van der Waals surface area contributed by atoms with Crippen molar-refractivity contribution in [2.45, 2.75) is 58.7 Å². The molecule has 1 aliphatic carbocycles. The van der Waals surface area contributed by atoms with E-state index in [0.717, 1.165) is 5.56 Å². The third-order valence-corrected chi connectivity index (χ3v) is 6.18. The summed E-state index contributed by atoms with van der Waals surface area (Å²) in [5, 5.41) is 0. The number of rotatable bonds is 3. The molecule has 25 heavy (non-hydrogen) atoms. The summed E-state index contributed by atoms with van der Waals surface area (Å²) >= 11 is 0. The Morgan fingerprint density at radius 1 is 1.24 bits per heavy atom. The van der Waals surface area contributed by atoms with E-state index in [9.17, 15) is 9.59 Å². The summed E-state index contributed by atoms with van der Waals surface area (Å²) in [7, 11) is 0. The first-order valence-corrected chi connectivity index (χ1v) is 8.78. The molecule has 4 nitrogen and oxygen atoms in total. The van der Waals surface area contributed by atoms with Crippen LogP contribution in [0.25, 0.3) is 0 Å². The van der Waals surface area contributed by atoms with E-state index in [1.54, 1.807) is 0 Å². The second kappa shape index (κ2) is 5.91. The Morgan fingerprint density at radius 3 is 2.44 bits per heavy atom. The zero-order valence-electron chi connectivity index (χ0n) is 15.2. The van der Waals surface area contributed by atoms with Crippen LogP contribution in [0, 0.1) is 22.7 Å². The maximum Gasteiger partial charge on any atom is 0.352 e. The molecule has 0 N–H and O–H groups in total. The van der Waals surface area contributed by atoms with E-state index < -0.39 is 28.5 Å². The molecule has 1 saturated carbocycles. The Hall–Kier alpha value is -2.28. The largest absolute Gasteiger partial charge is 0.446 e. The summed E-state index contributed by atoms with van der Waals surface area (Å²) in [5.74, 6) is 5.27. The molecule has 0 spiro atoms. The minimum atomic E-state index is -1.19. The summed E-state index contributed by atoms with van der Waals surface area (Å²) in [4.78, 5) is 25.2. The molecular weight excluding hydrogens is 316 g/mol. The third kappa shape index (κ3) is 2.45. The molecule has 2 fully saturated rings. The Labute approximate surface area is 148 Å². The van der Waals surface area contributed by atoms with Crippen molar-refractivity contribution in [3.8, 4) is 11.8 Å². The lowest BCUT2D eigenvalue weighted by Gasteiger charge is -2.35. The number of hydrogen-bond acceptors (Lipinski definition) is 4. The highest BCUT2D eigenvalue weighted by Crippen LogP contribution is 2.65. The second-order valence-electron chi connectivity index (χ2n) is 7.61. The molecule has 4 heteroatoms. The number of carbonyl (C=O) groups excluding carboxylic acids is 2. The highest BCUT2D eigenvalue weighted by atomic mass is 16.6. The van der Waals surface area contributed by atoms with Crippen molar-refractivity contribution in [2.75, 3.05) is 0 Å². The van der Waals surface area contributed by atoms with Gasteiger partial charge in [-0.15, -0.1) is 0 Å². The van der Waals surface area contributed by atoms with Gasteiger partial charge in [0.2, 0.25) is 5.60 Å². The normalized spacial score (nSPS) is 30.2. The van der Waals surface area contributed by atoms with Gasteiger partial charge in [0.25, 0.3) is 0 Å². The SMILES string of the molecule is CCC(C#Cc1ccccc1)OC(=O)C12CCC(C)(C(=O)O1)C2(C)C. The van der Waals surface area contributed by atoms with E-state index in [1.807, 2.05) is 58.0 Å². The smallest absolute Gasteiger partial charge is 0.352 e. The van der Waals surface area contributed by atoms with Crippen molar-refractivity contribution < 1.29 is 19.1 Å². The summed E-state index contributed by atoms with van der Waals surface area (Å²) in [5.41, 5.74) is -1.56. The average Bonchev–Trinajstić information content (AvgIpc) is 2.89. The van der Waals surface area contributed by atoms with Gasteiger partial charge in [0.15, 0.2) is 6.10 Å². The van der Waals surface area contributed by atoms with Crippen LogP contribution < -0.4 is 0 Å². The Bertz CT molecular complexity index is 755. The molecular formula is C21H24O4. The first kappa shape index (κ1) is 17.5. The molecule has 132 valence electrons. The number of hydrogen-bond donors (Lipinski definition) is 0. The molecule has 0 amide bonds. The van der Waals surface area contributed by atoms with Gasteiger partial charge in [0.05, 0.1) is 5.41 Å². The Kier molecular flexibility index (Phi) is 4.15. The first-order chi connectivity index (χ1) is 11.8. The second-order valence-corrected chi connectivity index (χ2v) is 7.61. The van der Waals surface area contributed by atoms with Crippen LogP contribution in [0.3, 0.4) is 0 Å². The van der Waals surface area contributed by atoms with E-state index in [4.69, 9.17) is 9.47 Å². The van der Waals surface area contributed by atoms with Gasteiger partial charge in [-0.3, -0.25) is 4.79 Å². The van der Waals surface area contributed by atoms with Crippen molar-refractivity contribution in [3.05, 3.63) is 35.9 Å². The maximum atomic E-state index is 12.9. The molecule has 2 bridgehead atoms. The molecule has 1 aromatic carbocycles. The predicted molar refractivity (Wildman–Crippen MR) is 93.4 cm³/mol. The topological polar surface area (TPSA) is 52.6 Å². The van der Waals surface area contributed by atoms with E-state index in [1.165, 1.54) is 0 Å². The Balaban J connectivity index is 1.80. The Morgan fingerprint density at radius 2 is 1.92 bits per heavy atom. The van der Waals surface area contributed by atoms with Crippen LogP contribution in [0.1, 0.15) is 52.5 Å². The summed E-state index contributed by atoms with van der Waals surface area (Å²) in [6.45, 7) is 7.63. The van der Waals surface area contributed by atoms with Gasteiger partial charge < -0.3 is 9.47 Å². The summed E-state index contributed by atoms with van der Waals surface area (Å²) in [6, 6.07) is 9.57. The van der Waals surface area contributed by atoms with E-state index in [2.05, 4.69) is 11.8 Å². The first-order valence-electron chi connectivity index (χ1n) is 8.78. The zero-order valence-corrected chi connectivity index (χ0v) is 15.2. The number of benzene rings is 1. The molecule has 1 aromatic rings. The van der Waals surface area contributed by atoms with Crippen LogP contribution in [0.2, 0.25) is 0 Å². The molecule has 0 radical (unpaired) electrons. The lowest BCUT2D eigenvalue weighted by Crippen LogP contribution is -2.49.